The highest BCUT2D eigenvalue weighted by atomic mass is 19.1. The van der Waals surface area contributed by atoms with Gasteiger partial charge in [-0.1, -0.05) is 12.1 Å². The molecule has 0 amide bonds. The van der Waals surface area contributed by atoms with Crippen LogP contribution in [0.25, 0.3) is 22.5 Å². The van der Waals surface area contributed by atoms with E-state index in [9.17, 15) is 17.6 Å². The zero-order valence-corrected chi connectivity index (χ0v) is 15.0. The zero-order chi connectivity index (χ0) is 20.4. The summed E-state index contributed by atoms with van der Waals surface area (Å²) in [6.07, 6.45) is 2.81. The van der Waals surface area contributed by atoms with Gasteiger partial charge in [0.25, 0.3) is 0 Å². The van der Waals surface area contributed by atoms with Crippen LogP contribution in [0.1, 0.15) is 11.1 Å². The first-order valence-corrected chi connectivity index (χ1v) is 8.81. The van der Waals surface area contributed by atoms with Crippen LogP contribution >= 0.6 is 0 Å². The van der Waals surface area contributed by atoms with Gasteiger partial charge in [-0.15, -0.1) is 0 Å². The molecule has 0 aliphatic heterocycles. The molecule has 0 spiro atoms. The Balaban J connectivity index is 1.77. The molecule has 0 atom stereocenters. The second-order valence-corrected chi connectivity index (χ2v) is 6.45. The van der Waals surface area contributed by atoms with Crippen molar-refractivity contribution in [3.8, 4) is 22.5 Å². The molecular weight excluding hydrogens is 380 g/mol. The van der Waals surface area contributed by atoms with E-state index in [1.54, 1.807) is 36.4 Å². The lowest BCUT2D eigenvalue weighted by molar-refractivity contribution is 0.566. The van der Waals surface area contributed by atoms with Crippen LogP contribution in [-0.2, 0) is 6.42 Å². The minimum absolute atomic E-state index is 0.0736. The molecule has 0 N–H and O–H groups in total. The van der Waals surface area contributed by atoms with Crippen molar-refractivity contribution in [2.24, 2.45) is 0 Å². The molecule has 29 heavy (non-hydrogen) atoms. The predicted molar refractivity (Wildman–Crippen MR) is 102 cm³/mol. The normalized spacial score (nSPS) is 10.9. The van der Waals surface area contributed by atoms with Crippen LogP contribution in [0, 0.1) is 23.3 Å². The summed E-state index contributed by atoms with van der Waals surface area (Å²) < 4.78 is 57.3. The van der Waals surface area contributed by atoms with E-state index >= 15 is 0 Å². The van der Waals surface area contributed by atoms with Gasteiger partial charge in [-0.2, -0.15) is 0 Å². The Morgan fingerprint density at radius 1 is 0.552 bits per heavy atom. The molecule has 4 aromatic rings. The first kappa shape index (κ1) is 18.8. The number of nitrogens with zero attached hydrogens (tertiary/aromatic N) is 2. The number of rotatable bonds is 4. The van der Waals surface area contributed by atoms with Gasteiger partial charge in [0.2, 0.25) is 0 Å². The molecule has 0 fully saturated rings. The Morgan fingerprint density at radius 3 is 1.38 bits per heavy atom. The number of pyridine rings is 2. The summed E-state index contributed by atoms with van der Waals surface area (Å²) in [7, 11) is 0. The average Bonchev–Trinajstić information content (AvgIpc) is 2.73. The van der Waals surface area contributed by atoms with Gasteiger partial charge in [-0.25, -0.2) is 17.6 Å². The molecule has 4 rings (SSSR count). The minimum Gasteiger partial charge on any atom is -0.256 e. The summed E-state index contributed by atoms with van der Waals surface area (Å²) in [5, 5.41) is 0. The Hall–Kier alpha value is -3.54. The highest BCUT2D eigenvalue weighted by molar-refractivity contribution is 5.63. The molecule has 2 aromatic carbocycles. The third-order valence-corrected chi connectivity index (χ3v) is 4.53. The van der Waals surface area contributed by atoms with E-state index in [2.05, 4.69) is 9.97 Å². The second-order valence-electron chi connectivity index (χ2n) is 6.45. The summed E-state index contributed by atoms with van der Waals surface area (Å²) in [4.78, 5) is 8.15. The Labute approximate surface area is 164 Å². The van der Waals surface area contributed by atoms with Crippen LogP contribution < -0.4 is 0 Å². The molecule has 2 heterocycles. The smallest absolute Gasteiger partial charge is 0.135 e. The van der Waals surface area contributed by atoms with E-state index in [0.29, 0.717) is 11.4 Å². The molecular formula is C23H14F4N2. The van der Waals surface area contributed by atoms with Crippen molar-refractivity contribution in [2.75, 3.05) is 0 Å². The van der Waals surface area contributed by atoms with Gasteiger partial charge in [0.1, 0.15) is 23.3 Å². The number of aromatic nitrogens is 2. The van der Waals surface area contributed by atoms with Gasteiger partial charge in [-0.3, -0.25) is 9.97 Å². The fraction of sp³-hybridized carbons (Fsp3) is 0.0435. The molecule has 2 aromatic heterocycles. The molecule has 0 radical (unpaired) electrons. The lowest BCUT2D eigenvalue weighted by atomic mass is 9.97. The van der Waals surface area contributed by atoms with Crippen LogP contribution in [-0.4, -0.2) is 9.97 Å². The fourth-order valence-corrected chi connectivity index (χ4v) is 3.10. The SMILES string of the molecule is Fc1cc(F)c(-c2ccccn2)cc1Cc1cc(-c2ccccn2)c(F)cc1F. The molecule has 2 nitrogen and oxygen atoms in total. The van der Waals surface area contributed by atoms with Crippen LogP contribution in [0.4, 0.5) is 17.6 Å². The highest BCUT2D eigenvalue weighted by Crippen LogP contribution is 2.29. The van der Waals surface area contributed by atoms with Gasteiger partial charge in [-0.05, 0) is 47.5 Å². The van der Waals surface area contributed by atoms with E-state index in [4.69, 9.17) is 0 Å². The van der Waals surface area contributed by atoms with E-state index in [1.165, 1.54) is 24.5 Å². The topological polar surface area (TPSA) is 25.8 Å². The van der Waals surface area contributed by atoms with Gasteiger partial charge in [0.15, 0.2) is 0 Å². The van der Waals surface area contributed by atoms with Crippen LogP contribution in [0.15, 0.2) is 73.1 Å². The molecule has 0 aliphatic carbocycles. The van der Waals surface area contributed by atoms with E-state index in [-0.39, 0.29) is 28.7 Å². The number of halogens is 4. The summed E-state index contributed by atoms with van der Waals surface area (Å²) >= 11 is 0. The predicted octanol–water partition coefficient (Wildman–Crippen LogP) is 5.96. The summed E-state index contributed by atoms with van der Waals surface area (Å²) in [5.41, 5.74) is 1.03. The van der Waals surface area contributed by atoms with E-state index in [1.807, 2.05) is 0 Å². The van der Waals surface area contributed by atoms with E-state index < -0.39 is 23.3 Å². The lowest BCUT2D eigenvalue weighted by Crippen LogP contribution is -2.01. The quantitative estimate of drug-likeness (QED) is 0.399. The summed E-state index contributed by atoms with van der Waals surface area (Å²) in [6, 6.07) is 14.0. The van der Waals surface area contributed by atoms with Gasteiger partial charge in [0.05, 0.1) is 11.4 Å². The Morgan fingerprint density at radius 2 is 1.00 bits per heavy atom. The Kier molecular flexibility index (Phi) is 5.08. The van der Waals surface area contributed by atoms with Crippen molar-refractivity contribution >= 4 is 0 Å². The van der Waals surface area contributed by atoms with Crippen molar-refractivity contribution in [1.29, 1.82) is 0 Å². The van der Waals surface area contributed by atoms with Crippen molar-refractivity contribution in [1.82, 2.24) is 9.97 Å². The van der Waals surface area contributed by atoms with E-state index in [0.717, 1.165) is 12.1 Å². The van der Waals surface area contributed by atoms with Crippen LogP contribution in [0.3, 0.4) is 0 Å². The minimum atomic E-state index is -0.815. The van der Waals surface area contributed by atoms with Crippen molar-refractivity contribution in [2.45, 2.75) is 6.42 Å². The standard InChI is InChI=1S/C23H14F4N2/c24-18-12-20(26)16(22-5-1-3-7-28-22)10-14(18)9-15-11-17(21(27)13-19(15)25)23-6-2-4-8-29-23/h1-8,10-13H,9H2. The number of hydrogen-bond donors (Lipinski definition) is 0. The lowest BCUT2D eigenvalue weighted by Gasteiger charge is -2.11. The van der Waals surface area contributed by atoms with Crippen LogP contribution in [0.2, 0.25) is 0 Å². The molecule has 0 aliphatic rings. The molecule has 0 saturated carbocycles. The van der Waals surface area contributed by atoms with Crippen LogP contribution in [0.5, 0.6) is 0 Å². The fourth-order valence-electron chi connectivity index (χ4n) is 3.10. The van der Waals surface area contributed by atoms with Crippen molar-refractivity contribution in [3.05, 3.63) is 107 Å². The first-order chi connectivity index (χ1) is 14.0. The molecule has 0 unspecified atom stereocenters. The van der Waals surface area contributed by atoms with Crippen molar-refractivity contribution in [3.63, 3.8) is 0 Å². The van der Waals surface area contributed by atoms with Gasteiger partial charge < -0.3 is 0 Å². The largest absolute Gasteiger partial charge is 0.256 e. The Bertz CT molecular complexity index is 1070. The molecule has 144 valence electrons. The zero-order valence-electron chi connectivity index (χ0n) is 15.0. The number of hydrogen-bond acceptors (Lipinski definition) is 2. The van der Waals surface area contributed by atoms with Crippen molar-refractivity contribution < 1.29 is 17.6 Å². The highest BCUT2D eigenvalue weighted by Gasteiger charge is 2.17. The van der Waals surface area contributed by atoms with Gasteiger partial charge >= 0.3 is 0 Å². The monoisotopic (exact) mass is 394 g/mol. The maximum Gasteiger partial charge on any atom is 0.135 e. The summed E-state index contributed by atoms with van der Waals surface area (Å²) in [5.74, 6) is -3.16. The first-order valence-electron chi connectivity index (χ1n) is 8.81. The summed E-state index contributed by atoms with van der Waals surface area (Å²) in [6.45, 7) is 0. The maximum absolute atomic E-state index is 14.4. The van der Waals surface area contributed by atoms with Gasteiger partial charge in [0, 0.05) is 42.1 Å². The molecule has 6 heteroatoms. The third kappa shape index (κ3) is 3.87. The number of benzene rings is 2. The maximum atomic E-state index is 14.4. The average molecular weight is 394 g/mol. The molecule has 0 bridgehead atoms. The second kappa shape index (κ2) is 7.83. The molecule has 0 saturated heterocycles. The third-order valence-electron chi connectivity index (χ3n) is 4.53.